The molecule has 0 bridgehead atoms. The van der Waals surface area contributed by atoms with Crippen molar-refractivity contribution >= 4 is 31.9 Å². The Morgan fingerprint density at radius 2 is 2.00 bits per heavy atom. The Hall–Kier alpha value is -0.780. The van der Waals surface area contributed by atoms with Gasteiger partial charge in [-0.1, -0.05) is 22.9 Å². The van der Waals surface area contributed by atoms with Gasteiger partial charge in [0, 0.05) is 15.6 Å². The van der Waals surface area contributed by atoms with Crippen LogP contribution in [-0.4, -0.2) is 13.2 Å². The Morgan fingerprint density at radius 1 is 1.19 bits per heavy atom. The fourth-order valence-electron chi connectivity index (χ4n) is 2.22. The second-order valence-electron chi connectivity index (χ2n) is 4.65. The molecule has 1 aromatic heterocycles. The van der Waals surface area contributed by atoms with E-state index in [0.717, 1.165) is 39.0 Å². The fourth-order valence-corrected chi connectivity index (χ4v) is 3.07. The Bertz CT molecular complexity index is 583. The number of rotatable bonds is 7. The van der Waals surface area contributed by atoms with Crippen LogP contribution in [0.3, 0.4) is 0 Å². The van der Waals surface area contributed by atoms with Crippen LogP contribution in [0.2, 0.25) is 0 Å². The Balaban J connectivity index is 2.45. The molecule has 0 aliphatic heterocycles. The van der Waals surface area contributed by atoms with Gasteiger partial charge in [0.05, 0.1) is 18.9 Å². The van der Waals surface area contributed by atoms with E-state index in [2.05, 4.69) is 50.2 Å². The summed E-state index contributed by atoms with van der Waals surface area (Å²) in [6.07, 6.45) is 2.75. The Labute approximate surface area is 142 Å². The standard InChI is InChI=1S/C16H19Br2NO2/c1-3-8-19-15(12-7-9-21-16(12)18)13-10-11(17)5-6-14(13)20-4-2/h5-7,9-10,15,19H,3-4,8H2,1-2H3. The van der Waals surface area contributed by atoms with Gasteiger partial charge in [0.15, 0.2) is 4.67 Å². The largest absolute Gasteiger partial charge is 0.494 e. The van der Waals surface area contributed by atoms with E-state index in [1.165, 1.54) is 0 Å². The first-order chi connectivity index (χ1) is 10.2. The van der Waals surface area contributed by atoms with E-state index < -0.39 is 0 Å². The molecule has 1 N–H and O–H groups in total. The van der Waals surface area contributed by atoms with Crippen molar-refractivity contribution in [3.63, 3.8) is 0 Å². The zero-order chi connectivity index (χ0) is 15.2. The molecule has 3 nitrogen and oxygen atoms in total. The third-order valence-electron chi connectivity index (χ3n) is 3.14. The van der Waals surface area contributed by atoms with Crippen molar-refractivity contribution in [2.75, 3.05) is 13.2 Å². The number of ether oxygens (including phenoxy) is 1. The van der Waals surface area contributed by atoms with Gasteiger partial charge in [-0.25, -0.2) is 0 Å². The highest BCUT2D eigenvalue weighted by Crippen LogP contribution is 2.36. The maximum Gasteiger partial charge on any atom is 0.174 e. The number of benzene rings is 1. The van der Waals surface area contributed by atoms with E-state index in [4.69, 9.17) is 9.15 Å². The highest BCUT2D eigenvalue weighted by atomic mass is 79.9. The first-order valence-corrected chi connectivity index (χ1v) is 8.64. The molecule has 2 rings (SSSR count). The molecule has 0 aliphatic carbocycles. The zero-order valence-electron chi connectivity index (χ0n) is 12.2. The molecule has 1 unspecified atom stereocenters. The molecular weight excluding hydrogens is 398 g/mol. The van der Waals surface area contributed by atoms with Gasteiger partial charge in [-0.15, -0.1) is 0 Å². The summed E-state index contributed by atoms with van der Waals surface area (Å²) >= 11 is 7.03. The van der Waals surface area contributed by atoms with Crippen LogP contribution in [0.1, 0.15) is 37.4 Å². The van der Waals surface area contributed by atoms with Crippen LogP contribution >= 0.6 is 31.9 Å². The van der Waals surface area contributed by atoms with Crippen molar-refractivity contribution in [3.05, 3.63) is 50.8 Å². The highest BCUT2D eigenvalue weighted by Gasteiger charge is 2.22. The third-order valence-corrected chi connectivity index (χ3v) is 4.28. The molecule has 114 valence electrons. The minimum absolute atomic E-state index is 0.0251. The van der Waals surface area contributed by atoms with Crippen molar-refractivity contribution in [3.8, 4) is 5.75 Å². The van der Waals surface area contributed by atoms with E-state index >= 15 is 0 Å². The van der Waals surface area contributed by atoms with Crippen LogP contribution < -0.4 is 10.1 Å². The van der Waals surface area contributed by atoms with Crippen LogP contribution in [-0.2, 0) is 0 Å². The number of hydrogen-bond acceptors (Lipinski definition) is 3. The SMILES string of the molecule is CCCNC(c1cc(Br)ccc1OCC)c1ccoc1Br. The predicted octanol–water partition coefficient (Wildman–Crippen LogP) is 5.29. The average Bonchev–Trinajstić information content (AvgIpc) is 2.88. The van der Waals surface area contributed by atoms with Crippen LogP contribution in [0.5, 0.6) is 5.75 Å². The zero-order valence-corrected chi connectivity index (χ0v) is 15.3. The summed E-state index contributed by atoms with van der Waals surface area (Å²) in [6.45, 7) is 5.70. The average molecular weight is 417 g/mol. The third kappa shape index (κ3) is 4.11. The summed E-state index contributed by atoms with van der Waals surface area (Å²) in [7, 11) is 0. The molecule has 2 aromatic rings. The first-order valence-electron chi connectivity index (χ1n) is 7.05. The number of hydrogen-bond donors (Lipinski definition) is 1. The van der Waals surface area contributed by atoms with Gasteiger partial charge in [0.1, 0.15) is 5.75 Å². The van der Waals surface area contributed by atoms with Crippen molar-refractivity contribution < 1.29 is 9.15 Å². The topological polar surface area (TPSA) is 34.4 Å². The Morgan fingerprint density at radius 3 is 2.62 bits per heavy atom. The molecule has 21 heavy (non-hydrogen) atoms. The van der Waals surface area contributed by atoms with Crippen molar-refractivity contribution in [2.45, 2.75) is 26.3 Å². The molecule has 0 fully saturated rings. The smallest absolute Gasteiger partial charge is 0.174 e. The lowest BCUT2D eigenvalue weighted by Crippen LogP contribution is -2.23. The molecule has 0 spiro atoms. The number of furan rings is 1. The quantitative estimate of drug-likeness (QED) is 0.665. The minimum Gasteiger partial charge on any atom is -0.494 e. The fraction of sp³-hybridized carbons (Fsp3) is 0.375. The maximum atomic E-state index is 5.78. The van der Waals surface area contributed by atoms with Gasteiger partial charge in [-0.05, 0) is 60.1 Å². The van der Waals surface area contributed by atoms with Gasteiger partial charge < -0.3 is 14.5 Å². The van der Waals surface area contributed by atoms with E-state index in [9.17, 15) is 0 Å². The summed E-state index contributed by atoms with van der Waals surface area (Å²) < 4.78 is 13.0. The lowest BCUT2D eigenvalue weighted by molar-refractivity contribution is 0.333. The lowest BCUT2D eigenvalue weighted by atomic mass is 10.00. The van der Waals surface area contributed by atoms with Gasteiger partial charge >= 0.3 is 0 Å². The molecule has 0 aliphatic rings. The van der Waals surface area contributed by atoms with E-state index in [-0.39, 0.29) is 6.04 Å². The normalized spacial score (nSPS) is 12.4. The minimum atomic E-state index is 0.0251. The van der Waals surface area contributed by atoms with Gasteiger partial charge in [0.25, 0.3) is 0 Å². The van der Waals surface area contributed by atoms with Gasteiger partial charge in [-0.2, -0.15) is 0 Å². The first kappa shape index (κ1) is 16.6. The molecule has 1 heterocycles. The van der Waals surface area contributed by atoms with Crippen LogP contribution in [0.15, 0.2) is 44.1 Å². The molecule has 0 saturated carbocycles. The molecule has 1 atom stereocenters. The van der Waals surface area contributed by atoms with Crippen molar-refractivity contribution in [2.24, 2.45) is 0 Å². The molecule has 5 heteroatoms. The van der Waals surface area contributed by atoms with Gasteiger partial charge in [-0.3, -0.25) is 0 Å². The van der Waals surface area contributed by atoms with E-state index in [0.29, 0.717) is 6.61 Å². The van der Waals surface area contributed by atoms with Crippen LogP contribution in [0.4, 0.5) is 0 Å². The molecule has 0 amide bonds. The van der Waals surface area contributed by atoms with Crippen molar-refractivity contribution in [1.29, 1.82) is 0 Å². The second kappa shape index (κ2) is 8.01. The monoisotopic (exact) mass is 415 g/mol. The number of halogens is 2. The molecule has 0 saturated heterocycles. The van der Waals surface area contributed by atoms with E-state index in [1.54, 1.807) is 6.26 Å². The summed E-state index contributed by atoms with van der Waals surface area (Å²) in [6, 6.07) is 8.09. The second-order valence-corrected chi connectivity index (χ2v) is 6.29. The molecule has 1 aromatic carbocycles. The molecular formula is C16H19Br2NO2. The molecule has 0 radical (unpaired) electrons. The lowest BCUT2D eigenvalue weighted by Gasteiger charge is -2.21. The highest BCUT2D eigenvalue weighted by molar-refractivity contribution is 9.10. The number of nitrogens with one attached hydrogen (secondary N) is 1. The Kier molecular flexibility index (Phi) is 6.33. The predicted molar refractivity (Wildman–Crippen MR) is 91.9 cm³/mol. The van der Waals surface area contributed by atoms with Crippen molar-refractivity contribution in [1.82, 2.24) is 5.32 Å². The van der Waals surface area contributed by atoms with Crippen LogP contribution in [0.25, 0.3) is 0 Å². The van der Waals surface area contributed by atoms with Crippen LogP contribution in [0, 0.1) is 0 Å². The van der Waals surface area contributed by atoms with E-state index in [1.807, 2.05) is 25.1 Å². The summed E-state index contributed by atoms with van der Waals surface area (Å²) in [5, 5.41) is 3.56. The summed E-state index contributed by atoms with van der Waals surface area (Å²) in [5.74, 6) is 0.891. The summed E-state index contributed by atoms with van der Waals surface area (Å²) in [4.78, 5) is 0. The summed E-state index contributed by atoms with van der Waals surface area (Å²) in [5.41, 5.74) is 2.17. The maximum absolute atomic E-state index is 5.78. The van der Waals surface area contributed by atoms with Gasteiger partial charge in [0.2, 0.25) is 0 Å².